The summed E-state index contributed by atoms with van der Waals surface area (Å²) in [7, 11) is 0. The summed E-state index contributed by atoms with van der Waals surface area (Å²) in [5.74, 6) is -16.3. The Kier molecular flexibility index (Phi) is 34.0. The zero-order valence-corrected chi connectivity index (χ0v) is 62.0. The van der Waals surface area contributed by atoms with Gasteiger partial charge in [-0.15, -0.1) is 0 Å². The van der Waals surface area contributed by atoms with Gasteiger partial charge in [-0.25, -0.2) is 24.7 Å². The number of aliphatic carboxylic acids is 1. The van der Waals surface area contributed by atoms with E-state index in [-0.39, 0.29) is 81.8 Å². The molecule has 5 aromatic rings. The summed E-state index contributed by atoms with van der Waals surface area (Å²) < 4.78 is 0. The van der Waals surface area contributed by atoms with Crippen LogP contribution in [0.1, 0.15) is 101 Å². The van der Waals surface area contributed by atoms with Crippen LogP contribution in [0.2, 0.25) is 0 Å². The summed E-state index contributed by atoms with van der Waals surface area (Å²) in [6, 6.07) is -11.9. The number of benzene rings is 1. The molecule has 4 aromatic heterocycles. The highest BCUT2D eigenvalue weighted by molar-refractivity contribution is 7.80. The number of carbonyl (C=O) groups is 15. The fourth-order valence-electron chi connectivity index (χ4n) is 11.5. The predicted molar refractivity (Wildman–Crippen MR) is 392 cm³/mol. The molecule has 1 fully saturated rings. The number of aromatic nitrogens is 8. The summed E-state index contributed by atoms with van der Waals surface area (Å²) in [6.45, 7) is 5.99. The summed E-state index contributed by atoms with van der Waals surface area (Å²) in [5, 5.41) is 47.7. The van der Waals surface area contributed by atoms with E-state index in [1.807, 2.05) is 0 Å². The number of carboxylic acids is 1. The molecule has 0 radical (unpaired) electrons. The summed E-state index contributed by atoms with van der Waals surface area (Å²) >= 11 is 8.55. The summed E-state index contributed by atoms with van der Waals surface area (Å²) in [4.78, 5) is 234. The number of nitrogens with zero attached hydrogens (tertiary/aromatic N) is 5. The van der Waals surface area contributed by atoms with Crippen LogP contribution >= 0.6 is 25.3 Å². The van der Waals surface area contributed by atoms with E-state index in [9.17, 15) is 82.1 Å². The predicted octanol–water partition coefficient (Wildman–Crippen LogP) is -5.74. The van der Waals surface area contributed by atoms with E-state index < -0.39 is 199 Å². The largest absolute Gasteiger partial charge is 0.508 e. The van der Waals surface area contributed by atoms with E-state index >= 15 is 0 Å². The molecular weight excluding hydrogens is 1460 g/mol. The number of amides is 14. The molecule has 0 aliphatic carbocycles. The third-order valence-corrected chi connectivity index (χ3v) is 18.2. The number of carboxylic acid groups (broad SMARTS) is 1. The lowest BCUT2D eigenvalue weighted by molar-refractivity contribution is -0.142. The number of rotatable bonds is 45. The van der Waals surface area contributed by atoms with Crippen molar-refractivity contribution in [1.29, 1.82) is 0 Å². The fraction of sp³-hybridized carbons (Fsp3) is 0.507. The molecule has 13 atom stereocenters. The molecule has 0 bridgehead atoms. The van der Waals surface area contributed by atoms with Crippen molar-refractivity contribution in [3.05, 3.63) is 103 Å². The van der Waals surface area contributed by atoms with Crippen LogP contribution in [-0.2, 0) is 104 Å². The average Bonchev–Trinajstić information content (AvgIpc) is 1.61. The molecule has 109 heavy (non-hydrogen) atoms. The van der Waals surface area contributed by atoms with Gasteiger partial charge in [-0.1, -0.05) is 46.2 Å². The van der Waals surface area contributed by atoms with Crippen molar-refractivity contribution in [1.82, 2.24) is 103 Å². The summed E-state index contributed by atoms with van der Waals surface area (Å²) in [6.07, 6.45) is 9.03. The second-order valence-electron chi connectivity index (χ2n) is 26.4. The number of hydrogen-bond acceptors (Lipinski definition) is 23. The topological polar surface area (TPSA) is 625 Å². The van der Waals surface area contributed by atoms with Gasteiger partial charge < -0.3 is 111 Å². The van der Waals surface area contributed by atoms with Gasteiger partial charge in [0.15, 0.2) is 0 Å². The maximum atomic E-state index is 14.5. The van der Waals surface area contributed by atoms with Gasteiger partial charge in [0.25, 0.3) is 0 Å². The van der Waals surface area contributed by atoms with Crippen LogP contribution in [0, 0.1) is 11.8 Å². The molecule has 1 saturated heterocycles. The Morgan fingerprint density at radius 3 is 1.50 bits per heavy atom. The number of phenols is 1. The minimum atomic E-state index is -1.88. The highest BCUT2D eigenvalue weighted by Gasteiger charge is 2.41. The van der Waals surface area contributed by atoms with E-state index in [2.05, 4.69) is 124 Å². The number of hydrogen-bond donors (Lipinski definition) is 22. The number of nitrogens with one attached hydrogen (secondary N) is 15. The Hall–Kier alpha value is -11.4. The molecule has 0 unspecified atom stereocenters. The van der Waals surface area contributed by atoms with Crippen LogP contribution < -0.4 is 75.7 Å². The van der Waals surface area contributed by atoms with Gasteiger partial charge in [0.05, 0.1) is 67.1 Å². The third kappa shape index (κ3) is 27.7. The van der Waals surface area contributed by atoms with E-state index in [1.54, 1.807) is 27.7 Å². The Morgan fingerprint density at radius 1 is 0.532 bits per heavy atom. The zero-order chi connectivity index (χ0) is 80.0. The first-order chi connectivity index (χ1) is 51.9. The molecule has 6 rings (SSSR count). The average molecular weight is 1560 g/mol. The molecule has 0 saturated carbocycles. The Morgan fingerprint density at radius 2 is 0.991 bits per heavy atom. The Balaban J connectivity index is 1.10. The molecule has 0 spiro atoms. The van der Waals surface area contributed by atoms with Crippen molar-refractivity contribution >= 4 is 114 Å². The van der Waals surface area contributed by atoms with E-state index in [0.29, 0.717) is 28.3 Å². The number of phenolic OH excluding ortho intramolecular Hbond substituents is 1. The van der Waals surface area contributed by atoms with Crippen LogP contribution in [-0.4, -0.2) is 241 Å². The molecule has 42 heteroatoms. The van der Waals surface area contributed by atoms with Crippen LogP contribution in [0.3, 0.4) is 0 Å². The number of thiol groups is 2. The van der Waals surface area contributed by atoms with Crippen LogP contribution in [0.15, 0.2) is 74.4 Å². The molecule has 5 heterocycles. The van der Waals surface area contributed by atoms with Crippen molar-refractivity contribution < 1.29 is 82.1 Å². The molecule has 1 aromatic carbocycles. The van der Waals surface area contributed by atoms with E-state index in [0.717, 1.165) is 4.90 Å². The number of aromatic hydroxyl groups is 1. The highest BCUT2D eigenvalue weighted by atomic mass is 32.1. The van der Waals surface area contributed by atoms with Gasteiger partial charge in [0.1, 0.15) is 72.2 Å². The van der Waals surface area contributed by atoms with E-state index in [1.165, 1.54) is 74.4 Å². The van der Waals surface area contributed by atoms with E-state index in [4.69, 9.17) is 17.2 Å². The van der Waals surface area contributed by atoms with Crippen LogP contribution in [0.5, 0.6) is 5.75 Å². The smallest absolute Gasteiger partial charge is 0.326 e. The lowest BCUT2D eigenvalue weighted by atomic mass is 9.96. The second kappa shape index (κ2) is 42.8. The highest BCUT2D eigenvalue weighted by Crippen LogP contribution is 2.21. The zero-order valence-electron chi connectivity index (χ0n) is 60.2. The van der Waals surface area contributed by atoms with Gasteiger partial charge in [-0.2, -0.15) is 25.3 Å². The first-order valence-corrected chi connectivity index (χ1v) is 36.2. The number of likely N-dealkylation sites (tertiary alicyclic amines) is 1. The van der Waals surface area contributed by atoms with Gasteiger partial charge in [-0.3, -0.25) is 67.1 Å². The summed E-state index contributed by atoms with van der Waals surface area (Å²) in [5.41, 5.74) is 19.0. The van der Waals surface area contributed by atoms with Crippen molar-refractivity contribution in [3.63, 3.8) is 0 Å². The van der Waals surface area contributed by atoms with Gasteiger partial charge in [-0.05, 0) is 55.2 Å². The first kappa shape index (κ1) is 86.5. The number of primary amides is 2. The SMILES string of the molecule is CC[C@H](C)[C@H](NC(=O)[C@H](Cc1ccc(O)cc1)NC(=O)[C@H](CS)NC(=O)[C@@H](N)Cc1c[nH]cn1)C(=O)N[C@@H](CCC(N)=O)C(=O)N[C@@H](CC(N)=O)C(=O)N[C@@H](CS)C(=O)N1CCC[C@H]1C(=O)N[C@@H](CC(C)C)C(=O)NCC(=O)N[C@@H](Cc1c[nH]cn1)C(=O)N[C@@H](Cc1c[nH]cn1)C(=O)N[C@@H](Cc1c[nH]cn1)C(=O)O. The molecule has 14 amide bonds. The number of imidazole rings is 4. The molecule has 1 aliphatic rings. The lowest BCUT2D eigenvalue weighted by Gasteiger charge is -2.31. The monoisotopic (exact) mass is 1560 g/mol. The lowest BCUT2D eigenvalue weighted by Crippen LogP contribution is -2.62. The van der Waals surface area contributed by atoms with Crippen molar-refractivity contribution in [3.8, 4) is 5.75 Å². The Labute approximate surface area is 635 Å². The normalized spacial score (nSPS) is 15.9. The van der Waals surface area contributed by atoms with Gasteiger partial charge in [0.2, 0.25) is 82.7 Å². The second-order valence-corrected chi connectivity index (χ2v) is 27.2. The molecule has 23 N–H and O–H groups in total. The van der Waals surface area contributed by atoms with Crippen molar-refractivity contribution in [2.45, 2.75) is 177 Å². The maximum absolute atomic E-state index is 14.5. The molecule has 1 aliphatic heterocycles. The van der Waals surface area contributed by atoms with Crippen LogP contribution in [0.25, 0.3) is 0 Å². The number of H-pyrrole nitrogens is 4. The number of nitrogens with two attached hydrogens (primary N) is 3. The van der Waals surface area contributed by atoms with Gasteiger partial charge >= 0.3 is 5.97 Å². The fourth-order valence-corrected chi connectivity index (χ4v) is 12.0. The molecular formula is C67H95N23O17S2. The first-order valence-electron chi connectivity index (χ1n) is 34.9. The quantitative estimate of drug-likeness (QED) is 0.0162. The maximum Gasteiger partial charge on any atom is 0.326 e. The number of aromatic amines is 4. The Bertz CT molecular complexity index is 3910. The van der Waals surface area contributed by atoms with Crippen molar-refractivity contribution in [2.75, 3.05) is 24.6 Å². The third-order valence-electron chi connectivity index (χ3n) is 17.5. The minimum absolute atomic E-state index is 0.0104. The standard InChI is InChI=1S/C67H95N23O17S2/c1-5-34(4)55(89-62(101)44(16-35-8-10-40(91)11-9-35)82-63(102)49(27-108)87-56(95)41(68)17-36-22-71-29-76-36)65(104)81-42(12-13-52(69)92)58(97)84-47(21-53(70)93)61(100)88-50(28-109)66(105)90-14-6-7-51(90)64(103)85-43(15-33(2)3)57(96)75-26-54(94)80-45(18-37-23-72-30-77-37)59(98)83-46(19-38-24-73-31-78-38)60(99)86-48(67(106)107)20-39-25-74-32-79-39/h8-11,22-25,29-34,41-51,55,91,108-109H,5-7,12-21,26-28,68H2,1-4H3,(H2,69,92)(H2,70,93)(H,71,76)(H,72,77)(H,73,78)(H,74,79)(H,75,96)(H,80,94)(H,81,104)(H,82,102)(H,83,98)(H,84,97)(H,85,103)(H,86,99)(H,87,95)(H,88,100)(H,89,101)(H,106,107)/t34-,41-,42-,43-,44-,45-,46-,47-,48-,49-,50-,51-,55-/m0/s1. The van der Waals surface area contributed by atoms with Crippen LogP contribution in [0.4, 0.5) is 0 Å². The molecule has 592 valence electrons. The van der Waals surface area contributed by atoms with Gasteiger partial charge in [0, 0.05) is 81.4 Å². The minimum Gasteiger partial charge on any atom is -0.508 e. The number of carbonyl (C=O) groups excluding carboxylic acids is 14. The van der Waals surface area contributed by atoms with Crippen molar-refractivity contribution in [2.24, 2.45) is 29.0 Å². The molecule has 40 nitrogen and oxygen atoms in total.